The number of nitrogens with one attached hydrogen (secondary N) is 2. The smallest absolute Gasteiger partial charge is 0.264 e. The first-order valence-corrected chi connectivity index (χ1v) is 9.31. The van der Waals surface area contributed by atoms with E-state index < -0.39 is 0 Å². The first kappa shape index (κ1) is 19.3. The van der Waals surface area contributed by atoms with E-state index >= 15 is 0 Å². The highest BCUT2D eigenvalue weighted by atomic mass is 16.5. The van der Waals surface area contributed by atoms with E-state index in [1.165, 1.54) is 4.90 Å². The summed E-state index contributed by atoms with van der Waals surface area (Å²) in [5.41, 5.74) is 5.98. The van der Waals surface area contributed by atoms with Crippen LogP contribution in [-0.2, 0) is 4.74 Å². The van der Waals surface area contributed by atoms with E-state index in [9.17, 15) is 4.79 Å². The molecular weight excluding hydrogens is 382 g/mol. The highest BCUT2D eigenvalue weighted by molar-refractivity contribution is 6.12. The lowest BCUT2D eigenvalue weighted by molar-refractivity contribution is 0.0827. The molecule has 0 atom stereocenters. The van der Waals surface area contributed by atoms with Crippen LogP contribution in [0.2, 0.25) is 0 Å². The minimum atomic E-state index is -0.0587. The summed E-state index contributed by atoms with van der Waals surface area (Å²) in [6.45, 7) is 0.463. The van der Waals surface area contributed by atoms with Gasteiger partial charge in [-0.3, -0.25) is 15.2 Å². The number of aromatic nitrogens is 1. The number of hydrogen-bond acceptors (Lipinski definition) is 7. The molecule has 9 nitrogen and oxygen atoms in total. The van der Waals surface area contributed by atoms with Crippen molar-refractivity contribution in [3.8, 4) is 0 Å². The monoisotopic (exact) mass is 403 g/mol. The summed E-state index contributed by atoms with van der Waals surface area (Å²) in [4.78, 5) is 24.3. The third kappa shape index (κ3) is 3.64. The van der Waals surface area contributed by atoms with Gasteiger partial charge in [-0.1, -0.05) is 18.2 Å². The molecule has 0 saturated heterocycles. The molecule has 1 amide bonds. The number of carbonyl (C=O) groups is 1. The van der Waals surface area contributed by atoms with Gasteiger partial charge < -0.3 is 14.5 Å². The maximum atomic E-state index is 12.1. The average molecular weight is 403 g/mol. The molecule has 30 heavy (non-hydrogen) atoms. The van der Waals surface area contributed by atoms with Gasteiger partial charge in [-0.25, -0.2) is 10.4 Å². The maximum absolute atomic E-state index is 12.1. The fourth-order valence-electron chi connectivity index (χ4n) is 3.03. The molecule has 0 spiro atoms. The topological polar surface area (TPSA) is 106 Å². The fourth-order valence-corrected chi connectivity index (χ4v) is 3.03. The molecule has 2 aliphatic rings. The average Bonchev–Trinajstić information content (AvgIpc) is 3.26. The van der Waals surface area contributed by atoms with E-state index in [1.807, 2.05) is 31.3 Å². The molecule has 2 aromatic rings. The van der Waals surface area contributed by atoms with E-state index in [1.54, 1.807) is 43.4 Å². The first-order chi connectivity index (χ1) is 14.4. The number of nitrogens with zero attached hydrogens (tertiary/aromatic N) is 5. The van der Waals surface area contributed by atoms with Gasteiger partial charge in [-0.05, 0) is 29.8 Å². The normalized spacial score (nSPS) is 18.4. The second-order valence-electron chi connectivity index (χ2n) is 7.06. The molecule has 2 N–H and O–H groups in total. The van der Waals surface area contributed by atoms with Gasteiger partial charge in [-0.2, -0.15) is 0 Å². The number of rotatable bonds is 3. The van der Waals surface area contributed by atoms with Crippen molar-refractivity contribution >= 4 is 23.4 Å². The lowest BCUT2D eigenvalue weighted by Crippen LogP contribution is -2.38. The Morgan fingerprint density at radius 2 is 1.97 bits per heavy atom. The van der Waals surface area contributed by atoms with Crippen molar-refractivity contribution in [3.63, 3.8) is 0 Å². The lowest BCUT2D eigenvalue weighted by atomic mass is 10.0. The van der Waals surface area contributed by atoms with Crippen LogP contribution in [0.1, 0.15) is 21.6 Å². The molecule has 1 aromatic carbocycles. The number of benzene rings is 1. The number of carbonyl (C=O) groups excluding carboxylic acids is 1. The number of pyridine rings is 1. The van der Waals surface area contributed by atoms with Gasteiger partial charge in [-0.15, -0.1) is 5.10 Å². The Labute approximate surface area is 173 Å². The third-order valence-electron chi connectivity index (χ3n) is 4.67. The predicted molar refractivity (Wildman–Crippen MR) is 113 cm³/mol. The minimum absolute atomic E-state index is 0.0587. The molecule has 9 heteroatoms. The molecule has 0 aliphatic carbocycles. The second kappa shape index (κ2) is 7.78. The Morgan fingerprint density at radius 3 is 2.63 bits per heavy atom. The number of amides is 1. The molecule has 4 rings (SSSR count). The second-order valence-corrected chi connectivity index (χ2v) is 7.06. The lowest BCUT2D eigenvalue weighted by Gasteiger charge is -2.27. The van der Waals surface area contributed by atoms with Crippen LogP contribution in [0.15, 0.2) is 70.3 Å². The molecule has 0 fully saturated rings. The Kier molecular flexibility index (Phi) is 5.01. The number of likely N-dealkylation sites (N-methyl/N-ethyl adjacent to an activating group) is 1. The van der Waals surface area contributed by atoms with Crippen LogP contribution >= 0.6 is 0 Å². The van der Waals surface area contributed by atoms with Gasteiger partial charge in [0.2, 0.25) is 5.88 Å². The molecular formula is C21H21N7O2. The summed E-state index contributed by atoms with van der Waals surface area (Å²) in [6, 6.07) is 12.7. The van der Waals surface area contributed by atoms with Gasteiger partial charge >= 0.3 is 0 Å². The van der Waals surface area contributed by atoms with Crippen LogP contribution in [0.4, 0.5) is 0 Å². The summed E-state index contributed by atoms with van der Waals surface area (Å²) >= 11 is 0. The number of amidine groups is 1. The Hall–Kier alpha value is -4.01. The number of hydrazone groups is 1. The van der Waals surface area contributed by atoms with Gasteiger partial charge in [0.05, 0.1) is 12.3 Å². The van der Waals surface area contributed by atoms with Crippen molar-refractivity contribution in [2.45, 2.75) is 0 Å². The van der Waals surface area contributed by atoms with Crippen molar-refractivity contribution < 1.29 is 9.53 Å². The first-order valence-electron chi connectivity index (χ1n) is 9.31. The molecule has 0 bridgehead atoms. The number of hydrogen-bond donors (Lipinski definition) is 2. The van der Waals surface area contributed by atoms with Crippen molar-refractivity contribution in [1.29, 1.82) is 5.41 Å². The Balaban J connectivity index is 1.63. The van der Waals surface area contributed by atoms with Crippen LogP contribution in [0.25, 0.3) is 0 Å². The van der Waals surface area contributed by atoms with E-state index in [-0.39, 0.29) is 17.6 Å². The Morgan fingerprint density at radius 1 is 1.20 bits per heavy atom. The van der Waals surface area contributed by atoms with E-state index in [2.05, 4.69) is 20.5 Å². The number of aliphatic imine (C=N–C) groups is 1. The molecule has 0 saturated carbocycles. The van der Waals surface area contributed by atoms with Gasteiger partial charge in [0.15, 0.2) is 11.5 Å². The molecule has 152 valence electrons. The summed E-state index contributed by atoms with van der Waals surface area (Å²) in [5, 5.41) is 12.6. The van der Waals surface area contributed by atoms with Crippen molar-refractivity contribution in [2.75, 3.05) is 27.7 Å². The summed E-state index contributed by atoms with van der Waals surface area (Å²) < 4.78 is 5.80. The quantitative estimate of drug-likeness (QED) is 0.811. The SMILES string of the molecule is CN(C)C(=O)c1ccc(C2=NC(=C3NN=C(c4ccccn4)O3)C(=N)N(C)C2)cc1. The zero-order chi connectivity index (χ0) is 21.3. The number of ether oxygens (including phenoxy) is 1. The van der Waals surface area contributed by atoms with Gasteiger partial charge in [0.25, 0.3) is 11.8 Å². The third-order valence-corrected chi connectivity index (χ3v) is 4.67. The summed E-state index contributed by atoms with van der Waals surface area (Å²) in [7, 11) is 5.25. The Bertz CT molecular complexity index is 1090. The van der Waals surface area contributed by atoms with E-state index in [4.69, 9.17) is 10.1 Å². The van der Waals surface area contributed by atoms with Crippen molar-refractivity contribution in [2.24, 2.45) is 10.1 Å². The van der Waals surface area contributed by atoms with Crippen molar-refractivity contribution in [1.82, 2.24) is 20.2 Å². The fraction of sp³-hybridized carbons (Fsp3) is 0.190. The summed E-state index contributed by atoms with van der Waals surface area (Å²) in [5.74, 6) is 0.765. The minimum Gasteiger partial charge on any atom is -0.415 e. The molecule has 1 aromatic heterocycles. The van der Waals surface area contributed by atoms with Crippen LogP contribution < -0.4 is 5.43 Å². The van der Waals surface area contributed by atoms with Gasteiger partial charge in [0.1, 0.15) is 5.69 Å². The van der Waals surface area contributed by atoms with Crippen LogP contribution in [0, 0.1) is 5.41 Å². The predicted octanol–water partition coefficient (Wildman–Crippen LogP) is 1.65. The van der Waals surface area contributed by atoms with Crippen molar-refractivity contribution in [3.05, 3.63) is 77.1 Å². The summed E-state index contributed by atoms with van der Waals surface area (Å²) in [6.07, 6.45) is 1.66. The molecule has 3 heterocycles. The highest BCUT2D eigenvalue weighted by Gasteiger charge is 2.28. The van der Waals surface area contributed by atoms with E-state index in [0.29, 0.717) is 29.4 Å². The van der Waals surface area contributed by atoms with Crippen LogP contribution in [0.5, 0.6) is 0 Å². The standard InChI is InChI=1S/C21H21N7O2/c1-27(2)21(29)14-9-7-13(8-10-14)16-12-28(3)18(22)17(24-16)20-26-25-19(30-20)15-6-4-5-11-23-15/h4-11,22,26H,12H2,1-3H3. The largest absolute Gasteiger partial charge is 0.415 e. The molecule has 0 radical (unpaired) electrons. The molecule has 0 unspecified atom stereocenters. The zero-order valence-electron chi connectivity index (χ0n) is 16.9. The highest BCUT2D eigenvalue weighted by Crippen LogP contribution is 2.21. The van der Waals surface area contributed by atoms with Crippen LogP contribution in [-0.4, -0.2) is 65.8 Å². The van der Waals surface area contributed by atoms with Crippen LogP contribution in [0.3, 0.4) is 0 Å². The zero-order valence-corrected chi connectivity index (χ0v) is 16.9. The molecule has 2 aliphatic heterocycles. The van der Waals surface area contributed by atoms with E-state index in [0.717, 1.165) is 11.3 Å². The maximum Gasteiger partial charge on any atom is 0.264 e. The van der Waals surface area contributed by atoms with Gasteiger partial charge in [0, 0.05) is 32.9 Å².